The van der Waals surface area contributed by atoms with E-state index in [1.165, 1.54) is 11.1 Å². The summed E-state index contributed by atoms with van der Waals surface area (Å²) in [7, 11) is 0. The van der Waals surface area contributed by atoms with Crippen molar-refractivity contribution in [3.63, 3.8) is 0 Å². The van der Waals surface area contributed by atoms with Crippen molar-refractivity contribution in [3.05, 3.63) is 65.7 Å². The van der Waals surface area contributed by atoms with Gasteiger partial charge in [-0.3, -0.25) is 0 Å². The molecule has 0 bridgehead atoms. The van der Waals surface area contributed by atoms with Crippen LogP contribution in [0.5, 0.6) is 5.75 Å². The molecule has 0 aliphatic carbocycles. The van der Waals surface area contributed by atoms with Gasteiger partial charge >= 0.3 is 0 Å². The van der Waals surface area contributed by atoms with E-state index in [4.69, 9.17) is 10.5 Å². The summed E-state index contributed by atoms with van der Waals surface area (Å²) in [5.41, 5.74) is 8.66. The second kappa shape index (κ2) is 8.16. The molecule has 0 amide bonds. The highest BCUT2D eigenvalue weighted by Crippen LogP contribution is 2.29. The topological polar surface area (TPSA) is 35.2 Å². The van der Waals surface area contributed by atoms with Gasteiger partial charge in [0, 0.05) is 12.0 Å². The molecule has 0 radical (unpaired) electrons. The SMILES string of the molecule is CC(C)c1ccccc1OCCCC(C)(CN)c1ccccc1. The van der Waals surface area contributed by atoms with Gasteiger partial charge < -0.3 is 10.5 Å². The van der Waals surface area contributed by atoms with E-state index in [1.54, 1.807) is 0 Å². The fourth-order valence-corrected chi connectivity index (χ4v) is 2.94. The third-order valence-corrected chi connectivity index (χ3v) is 4.59. The largest absolute Gasteiger partial charge is 0.493 e. The highest BCUT2D eigenvalue weighted by molar-refractivity contribution is 5.35. The van der Waals surface area contributed by atoms with Crippen molar-refractivity contribution >= 4 is 0 Å². The van der Waals surface area contributed by atoms with E-state index in [2.05, 4.69) is 63.2 Å². The van der Waals surface area contributed by atoms with Gasteiger partial charge in [0.25, 0.3) is 0 Å². The van der Waals surface area contributed by atoms with Crippen LogP contribution >= 0.6 is 0 Å². The molecule has 0 fully saturated rings. The molecule has 1 atom stereocenters. The number of benzene rings is 2. The lowest BCUT2D eigenvalue weighted by atomic mass is 9.79. The fraction of sp³-hybridized carbons (Fsp3) is 0.429. The minimum atomic E-state index is 0.0161. The average Bonchev–Trinajstić information content (AvgIpc) is 2.59. The van der Waals surface area contributed by atoms with Gasteiger partial charge in [0.1, 0.15) is 5.75 Å². The summed E-state index contributed by atoms with van der Waals surface area (Å²) >= 11 is 0. The van der Waals surface area contributed by atoms with Gasteiger partial charge in [0.05, 0.1) is 6.61 Å². The predicted octanol–water partition coefficient (Wildman–Crippen LogP) is 4.89. The van der Waals surface area contributed by atoms with Crippen molar-refractivity contribution < 1.29 is 4.74 Å². The zero-order valence-electron chi connectivity index (χ0n) is 14.6. The monoisotopic (exact) mass is 311 g/mol. The van der Waals surface area contributed by atoms with Crippen molar-refractivity contribution in [2.75, 3.05) is 13.2 Å². The van der Waals surface area contributed by atoms with Crippen LogP contribution < -0.4 is 10.5 Å². The number of rotatable bonds is 8. The van der Waals surface area contributed by atoms with Crippen molar-refractivity contribution in [1.82, 2.24) is 0 Å². The second-order valence-corrected chi connectivity index (χ2v) is 6.78. The lowest BCUT2D eigenvalue weighted by Crippen LogP contribution is -2.32. The van der Waals surface area contributed by atoms with Gasteiger partial charge in [0.15, 0.2) is 0 Å². The maximum absolute atomic E-state index is 6.06. The zero-order chi connectivity index (χ0) is 16.7. The minimum absolute atomic E-state index is 0.0161. The van der Waals surface area contributed by atoms with E-state index in [0.717, 1.165) is 25.2 Å². The number of nitrogens with two attached hydrogens (primary N) is 1. The Balaban J connectivity index is 1.92. The van der Waals surface area contributed by atoms with E-state index < -0.39 is 0 Å². The van der Waals surface area contributed by atoms with Crippen LogP contribution in [0.1, 0.15) is 50.7 Å². The Hall–Kier alpha value is -1.80. The highest BCUT2D eigenvalue weighted by atomic mass is 16.5. The third-order valence-electron chi connectivity index (χ3n) is 4.59. The Kier molecular flexibility index (Phi) is 6.23. The summed E-state index contributed by atoms with van der Waals surface area (Å²) in [5.74, 6) is 1.49. The first-order valence-corrected chi connectivity index (χ1v) is 8.54. The van der Waals surface area contributed by atoms with Gasteiger partial charge in [-0.05, 0) is 36.0 Å². The third kappa shape index (κ3) is 4.59. The van der Waals surface area contributed by atoms with Crippen molar-refractivity contribution in [1.29, 1.82) is 0 Å². The average molecular weight is 311 g/mol. The summed E-state index contributed by atoms with van der Waals surface area (Å²) in [5, 5.41) is 0. The van der Waals surface area contributed by atoms with Gasteiger partial charge in [-0.1, -0.05) is 69.3 Å². The molecule has 0 spiro atoms. The molecular formula is C21H29NO. The van der Waals surface area contributed by atoms with Crippen LogP contribution in [0.15, 0.2) is 54.6 Å². The number of para-hydroxylation sites is 1. The van der Waals surface area contributed by atoms with Crippen LogP contribution in [0.4, 0.5) is 0 Å². The van der Waals surface area contributed by atoms with Gasteiger partial charge in [0.2, 0.25) is 0 Å². The molecule has 2 nitrogen and oxygen atoms in total. The van der Waals surface area contributed by atoms with Crippen molar-refractivity contribution in [3.8, 4) is 5.75 Å². The Morgan fingerprint density at radius 3 is 2.30 bits per heavy atom. The Morgan fingerprint density at radius 2 is 1.65 bits per heavy atom. The second-order valence-electron chi connectivity index (χ2n) is 6.78. The number of hydrogen-bond acceptors (Lipinski definition) is 2. The molecule has 0 aliphatic heterocycles. The molecule has 2 rings (SSSR count). The summed E-state index contributed by atoms with van der Waals surface area (Å²) in [6.07, 6.45) is 2.02. The molecule has 23 heavy (non-hydrogen) atoms. The number of hydrogen-bond donors (Lipinski definition) is 1. The van der Waals surface area contributed by atoms with E-state index in [1.807, 2.05) is 12.1 Å². The van der Waals surface area contributed by atoms with E-state index in [9.17, 15) is 0 Å². The lowest BCUT2D eigenvalue weighted by Gasteiger charge is -2.28. The first kappa shape index (κ1) is 17.6. The maximum atomic E-state index is 6.06. The molecule has 2 N–H and O–H groups in total. The molecule has 0 saturated heterocycles. The van der Waals surface area contributed by atoms with Crippen LogP contribution in [0.3, 0.4) is 0 Å². The molecule has 2 heteroatoms. The molecule has 2 aromatic rings. The van der Waals surface area contributed by atoms with Crippen LogP contribution in [0, 0.1) is 0 Å². The molecule has 124 valence electrons. The first-order chi connectivity index (χ1) is 11.1. The molecule has 0 heterocycles. The van der Waals surface area contributed by atoms with Gasteiger partial charge in [-0.2, -0.15) is 0 Å². The van der Waals surface area contributed by atoms with Crippen LogP contribution in [-0.2, 0) is 5.41 Å². The zero-order valence-corrected chi connectivity index (χ0v) is 14.6. The molecule has 0 aromatic heterocycles. The van der Waals surface area contributed by atoms with E-state index >= 15 is 0 Å². The molecule has 0 saturated carbocycles. The fourth-order valence-electron chi connectivity index (χ4n) is 2.94. The Labute approximate surface area is 140 Å². The lowest BCUT2D eigenvalue weighted by molar-refractivity contribution is 0.282. The van der Waals surface area contributed by atoms with Gasteiger partial charge in [-0.25, -0.2) is 0 Å². The first-order valence-electron chi connectivity index (χ1n) is 8.54. The smallest absolute Gasteiger partial charge is 0.122 e. The van der Waals surface area contributed by atoms with Gasteiger partial charge in [-0.15, -0.1) is 0 Å². The molecule has 0 aliphatic rings. The van der Waals surface area contributed by atoms with Crippen LogP contribution in [-0.4, -0.2) is 13.2 Å². The van der Waals surface area contributed by atoms with E-state index in [-0.39, 0.29) is 5.41 Å². The standard InChI is InChI=1S/C21H29NO/c1-17(2)19-12-7-8-13-20(19)23-15-9-14-21(3,16-22)18-10-5-4-6-11-18/h4-8,10-13,17H,9,14-16,22H2,1-3H3. The molecule has 1 unspecified atom stereocenters. The highest BCUT2D eigenvalue weighted by Gasteiger charge is 2.24. The Bertz CT molecular complexity index is 594. The van der Waals surface area contributed by atoms with Crippen LogP contribution in [0.25, 0.3) is 0 Å². The van der Waals surface area contributed by atoms with Crippen molar-refractivity contribution in [2.45, 2.75) is 44.9 Å². The maximum Gasteiger partial charge on any atom is 0.122 e. The summed E-state index contributed by atoms with van der Waals surface area (Å²) in [4.78, 5) is 0. The quantitative estimate of drug-likeness (QED) is 0.705. The summed E-state index contributed by atoms with van der Waals surface area (Å²) in [6, 6.07) is 18.9. The normalized spacial score (nSPS) is 13.8. The van der Waals surface area contributed by atoms with E-state index in [0.29, 0.717) is 12.5 Å². The number of ether oxygens (including phenoxy) is 1. The summed E-state index contributed by atoms with van der Waals surface area (Å²) in [6.45, 7) is 8.02. The van der Waals surface area contributed by atoms with Crippen molar-refractivity contribution in [2.24, 2.45) is 5.73 Å². The minimum Gasteiger partial charge on any atom is -0.493 e. The predicted molar refractivity (Wildman–Crippen MR) is 98.1 cm³/mol. The van der Waals surface area contributed by atoms with Crippen LogP contribution in [0.2, 0.25) is 0 Å². The Morgan fingerprint density at radius 1 is 1.00 bits per heavy atom. The molecular weight excluding hydrogens is 282 g/mol. The summed E-state index contributed by atoms with van der Waals surface area (Å²) < 4.78 is 6.03. The molecule has 2 aromatic carbocycles.